The lowest BCUT2D eigenvalue weighted by molar-refractivity contribution is -0.111. The Kier molecular flexibility index (Phi) is 6.48. The number of nitrogens with zero attached hydrogens (tertiary/aromatic N) is 1. The minimum absolute atomic E-state index is 0.0693. The molecule has 3 aromatic rings. The van der Waals surface area contributed by atoms with Gasteiger partial charge in [0.1, 0.15) is 0 Å². The van der Waals surface area contributed by atoms with Crippen molar-refractivity contribution in [3.63, 3.8) is 0 Å². The molecule has 3 rings (SSSR count). The number of carbonyl (C=O) groups is 1. The molecule has 8 heteroatoms. The van der Waals surface area contributed by atoms with Crippen molar-refractivity contribution in [2.75, 3.05) is 16.3 Å². The Morgan fingerprint density at radius 3 is 2.27 bits per heavy atom. The van der Waals surface area contributed by atoms with Crippen molar-refractivity contribution in [2.24, 2.45) is 0 Å². The molecule has 154 valence electrons. The van der Waals surface area contributed by atoms with Crippen LogP contribution >= 0.6 is 0 Å². The van der Waals surface area contributed by atoms with Crippen molar-refractivity contribution >= 4 is 33.4 Å². The summed E-state index contributed by atoms with van der Waals surface area (Å²) in [4.78, 5) is 23.9. The number of hydrogen-bond acceptors (Lipinski definition) is 4. The lowest BCUT2D eigenvalue weighted by atomic mass is 10.2. The Morgan fingerprint density at radius 2 is 1.63 bits per heavy atom. The van der Waals surface area contributed by atoms with Gasteiger partial charge in [-0.15, -0.1) is 0 Å². The summed E-state index contributed by atoms with van der Waals surface area (Å²) in [5.74, 6) is -0.291. The molecule has 1 amide bonds. The number of rotatable bonds is 7. The van der Waals surface area contributed by atoms with Gasteiger partial charge in [0.15, 0.2) is 0 Å². The molecule has 0 aliphatic heterocycles. The quantitative estimate of drug-likeness (QED) is 0.571. The van der Waals surface area contributed by atoms with Gasteiger partial charge in [-0.05, 0) is 47.5 Å². The second-order valence-corrected chi connectivity index (χ2v) is 8.43. The summed E-state index contributed by atoms with van der Waals surface area (Å²) in [6, 6.07) is 18.9. The number of hydrogen-bond donors (Lipinski definition) is 2. The molecular weight excluding hydrogens is 402 g/mol. The number of pyridine rings is 1. The van der Waals surface area contributed by atoms with Crippen LogP contribution in [0.3, 0.4) is 0 Å². The number of anilines is 2. The molecule has 0 aliphatic rings. The van der Waals surface area contributed by atoms with Crippen molar-refractivity contribution < 1.29 is 13.2 Å². The van der Waals surface area contributed by atoms with Gasteiger partial charge in [0.25, 0.3) is 5.56 Å². The Morgan fingerprint density at radius 1 is 0.967 bits per heavy atom. The summed E-state index contributed by atoms with van der Waals surface area (Å²) in [7, 11) is -3.32. The maximum Gasteiger partial charge on any atom is 0.250 e. The van der Waals surface area contributed by atoms with E-state index in [1.165, 1.54) is 12.1 Å². The van der Waals surface area contributed by atoms with Gasteiger partial charge in [-0.25, -0.2) is 8.42 Å². The second kappa shape index (κ2) is 9.23. The zero-order valence-electron chi connectivity index (χ0n) is 16.3. The van der Waals surface area contributed by atoms with Gasteiger partial charge < -0.3 is 9.88 Å². The molecule has 2 aromatic carbocycles. The zero-order valence-corrected chi connectivity index (χ0v) is 17.1. The monoisotopic (exact) mass is 423 g/mol. The van der Waals surface area contributed by atoms with Crippen molar-refractivity contribution in [3.05, 3.63) is 100 Å². The molecule has 0 radical (unpaired) electrons. The molecule has 30 heavy (non-hydrogen) atoms. The Bertz CT molecular complexity index is 1210. The fraction of sp³-hybridized carbons (Fsp3) is 0.0909. The normalized spacial score (nSPS) is 11.4. The van der Waals surface area contributed by atoms with Gasteiger partial charge in [0, 0.05) is 29.7 Å². The van der Waals surface area contributed by atoms with Crippen LogP contribution in [0.2, 0.25) is 0 Å². The third-order valence-corrected chi connectivity index (χ3v) is 4.72. The minimum Gasteiger partial charge on any atom is -0.323 e. The average molecular weight is 423 g/mol. The smallest absolute Gasteiger partial charge is 0.250 e. The van der Waals surface area contributed by atoms with Gasteiger partial charge in [0.05, 0.1) is 12.8 Å². The third kappa shape index (κ3) is 6.46. The van der Waals surface area contributed by atoms with Crippen molar-refractivity contribution in [2.45, 2.75) is 6.54 Å². The summed E-state index contributed by atoms with van der Waals surface area (Å²) in [6.45, 7) is 0.456. The van der Waals surface area contributed by atoms with Crippen molar-refractivity contribution in [1.82, 2.24) is 4.57 Å². The van der Waals surface area contributed by atoms with E-state index in [0.29, 0.717) is 17.9 Å². The first-order valence-corrected chi connectivity index (χ1v) is 11.0. The summed E-state index contributed by atoms with van der Waals surface area (Å²) < 4.78 is 26.4. The molecule has 0 unspecified atom stereocenters. The van der Waals surface area contributed by atoms with Crippen molar-refractivity contribution in [1.29, 1.82) is 0 Å². The van der Waals surface area contributed by atoms with Crippen LogP contribution in [0.1, 0.15) is 11.1 Å². The first-order chi connectivity index (χ1) is 14.3. The molecular formula is C22H21N3O4S. The van der Waals surface area contributed by atoms with Crippen LogP contribution in [0.25, 0.3) is 6.08 Å². The number of amides is 1. The van der Waals surface area contributed by atoms with Gasteiger partial charge >= 0.3 is 0 Å². The van der Waals surface area contributed by atoms with E-state index in [9.17, 15) is 18.0 Å². The predicted octanol–water partition coefficient (Wildman–Crippen LogP) is 2.92. The molecule has 1 heterocycles. The van der Waals surface area contributed by atoms with Crippen molar-refractivity contribution in [3.8, 4) is 0 Å². The number of benzene rings is 2. The van der Waals surface area contributed by atoms with E-state index in [0.717, 1.165) is 17.4 Å². The van der Waals surface area contributed by atoms with Crippen LogP contribution in [0, 0.1) is 0 Å². The Hall–Kier alpha value is -3.65. The first-order valence-electron chi connectivity index (χ1n) is 9.10. The molecule has 0 fully saturated rings. The molecule has 1 aromatic heterocycles. The zero-order chi connectivity index (χ0) is 21.6. The van der Waals surface area contributed by atoms with E-state index in [1.54, 1.807) is 65.4 Å². The molecule has 2 N–H and O–H groups in total. The molecule has 0 aliphatic carbocycles. The fourth-order valence-corrected chi connectivity index (χ4v) is 3.28. The molecule has 0 saturated carbocycles. The van der Waals surface area contributed by atoms with Gasteiger partial charge in [0.2, 0.25) is 15.9 Å². The number of sulfonamides is 1. The van der Waals surface area contributed by atoms with Gasteiger partial charge in [-0.3, -0.25) is 14.3 Å². The van der Waals surface area contributed by atoms with Gasteiger partial charge in [-0.1, -0.05) is 30.3 Å². The molecule has 0 saturated heterocycles. The average Bonchev–Trinajstić information content (AvgIpc) is 2.69. The van der Waals surface area contributed by atoms with Gasteiger partial charge in [-0.2, -0.15) is 0 Å². The van der Waals surface area contributed by atoms with E-state index >= 15 is 0 Å². The van der Waals surface area contributed by atoms with E-state index < -0.39 is 10.0 Å². The van der Waals surface area contributed by atoms with E-state index in [4.69, 9.17) is 0 Å². The fourth-order valence-electron chi connectivity index (χ4n) is 2.71. The summed E-state index contributed by atoms with van der Waals surface area (Å²) >= 11 is 0. The summed E-state index contributed by atoms with van der Waals surface area (Å²) in [6.07, 6.45) is 5.85. The lowest BCUT2D eigenvalue weighted by Crippen LogP contribution is -2.18. The SMILES string of the molecule is CS(=O)(=O)Nc1ccc(C=CC(=O)Nc2ccc(Cn3ccccc3=O)cc2)cc1. The number of nitrogens with one attached hydrogen (secondary N) is 2. The first kappa shape index (κ1) is 21.1. The predicted molar refractivity (Wildman–Crippen MR) is 119 cm³/mol. The standard InChI is InChI=1S/C22H21N3O4S/c1-30(28,29)24-20-12-5-17(6-13-20)9-14-21(26)23-19-10-7-18(8-11-19)16-25-15-3-2-4-22(25)27/h2-15,24H,16H2,1H3,(H,23,26). The van der Waals surface area contributed by atoms with Crippen LogP contribution in [0.4, 0.5) is 11.4 Å². The van der Waals surface area contributed by atoms with Crippen LogP contribution in [0.5, 0.6) is 0 Å². The minimum atomic E-state index is -3.32. The number of aromatic nitrogens is 1. The van der Waals surface area contributed by atoms with E-state index in [-0.39, 0.29) is 11.5 Å². The van der Waals surface area contributed by atoms with E-state index in [1.807, 2.05) is 12.1 Å². The highest BCUT2D eigenvalue weighted by atomic mass is 32.2. The van der Waals surface area contributed by atoms with E-state index in [2.05, 4.69) is 10.0 Å². The topological polar surface area (TPSA) is 97.3 Å². The Labute approximate surface area is 174 Å². The second-order valence-electron chi connectivity index (χ2n) is 6.68. The molecule has 0 spiro atoms. The number of carbonyl (C=O) groups excluding carboxylic acids is 1. The largest absolute Gasteiger partial charge is 0.323 e. The Balaban J connectivity index is 1.57. The highest BCUT2D eigenvalue weighted by Gasteiger charge is 2.02. The highest BCUT2D eigenvalue weighted by molar-refractivity contribution is 7.92. The van der Waals surface area contributed by atoms with Crippen LogP contribution < -0.4 is 15.6 Å². The van der Waals surface area contributed by atoms with Crippen LogP contribution in [0.15, 0.2) is 83.8 Å². The molecule has 0 atom stereocenters. The molecule has 7 nitrogen and oxygen atoms in total. The summed E-state index contributed by atoms with van der Waals surface area (Å²) in [5.41, 5.74) is 2.73. The third-order valence-electron chi connectivity index (χ3n) is 4.11. The van der Waals surface area contributed by atoms with Crippen LogP contribution in [-0.4, -0.2) is 25.1 Å². The van der Waals surface area contributed by atoms with Crippen LogP contribution in [-0.2, 0) is 21.4 Å². The molecule has 0 bridgehead atoms. The summed E-state index contributed by atoms with van der Waals surface area (Å²) in [5, 5.41) is 2.77. The maximum atomic E-state index is 12.1. The highest BCUT2D eigenvalue weighted by Crippen LogP contribution is 2.13. The lowest BCUT2D eigenvalue weighted by Gasteiger charge is -2.07. The maximum absolute atomic E-state index is 12.1.